The molecular weight excluding hydrogens is 426 g/mol. The molecule has 3 aliphatic rings. The van der Waals surface area contributed by atoms with E-state index in [9.17, 15) is 14.7 Å². The van der Waals surface area contributed by atoms with Crippen molar-refractivity contribution in [2.24, 2.45) is 35.5 Å². The van der Waals surface area contributed by atoms with Crippen molar-refractivity contribution in [3.05, 3.63) is 60.0 Å². The third-order valence-corrected chi connectivity index (χ3v) is 8.36. The number of hydrogen-bond donors (Lipinski definition) is 2. The fourth-order valence-electron chi connectivity index (χ4n) is 6.26. The van der Waals surface area contributed by atoms with Crippen LogP contribution in [0.5, 0.6) is 0 Å². The Hall–Kier alpha value is -2.40. The third-order valence-electron chi connectivity index (χ3n) is 8.36. The van der Waals surface area contributed by atoms with Crippen LogP contribution in [0.25, 0.3) is 0 Å². The summed E-state index contributed by atoms with van der Waals surface area (Å²) in [6.07, 6.45) is 18.6. The summed E-state index contributed by atoms with van der Waals surface area (Å²) >= 11 is 0. The van der Waals surface area contributed by atoms with Crippen molar-refractivity contribution in [2.75, 3.05) is 0 Å². The summed E-state index contributed by atoms with van der Waals surface area (Å²) in [5.74, 6) is 0.237. The van der Waals surface area contributed by atoms with Crippen LogP contribution < -0.4 is 0 Å². The van der Waals surface area contributed by atoms with Crippen molar-refractivity contribution in [1.82, 2.24) is 4.98 Å². The molecule has 0 spiro atoms. The highest BCUT2D eigenvalue weighted by atomic mass is 16.5. The number of carboxylic acid groups (broad SMARTS) is 1. The number of fused-ring (bicyclic) bond motifs is 1. The monoisotopic (exact) mass is 465 g/mol. The lowest BCUT2D eigenvalue weighted by Crippen LogP contribution is -2.40. The van der Waals surface area contributed by atoms with E-state index in [1.807, 2.05) is 18.3 Å². The van der Waals surface area contributed by atoms with Crippen LogP contribution in [0.3, 0.4) is 0 Å². The summed E-state index contributed by atoms with van der Waals surface area (Å²) in [6, 6.07) is 3.78. The number of Topliss-reactive ketones (excluding diaryl/α,β-unsaturated/α-hetero) is 1. The highest BCUT2D eigenvalue weighted by Crippen LogP contribution is 2.46. The maximum atomic E-state index is 13.4. The number of aromatic amines is 1. The van der Waals surface area contributed by atoms with Crippen molar-refractivity contribution in [1.29, 1.82) is 0 Å². The summed E-state index contributed by atoms with van der Waals surface area (Å²) in [4.78, 5) is 28.0. The molecule has 0 amide bonds. The number of hydrogen-bond acceptors (Lipinski definition) is 3. The molecule has 8 atom stereocenters. The predicted molar refractivity (Wildman–Crippen MR) is 133 cm³/mol. The number of ether oxygens (including phenoxy) is 1. The zero-order valence-corrected chi connectivity index (χ0v) is 20.7. The minimum Gasteiger partial charge on any atom is -0.481 e. The van der Waals surface area contributed by atoms with Gasteiger partial charge in [0.1, 0.15) is 0 Å². The SMILES string of the molecule is CC/C(=C/C=C/[C@@H]1C=C[C@@H]2CCC[C@@H]2[C@@H]1C(=O)c1ccc[nH]1)[C@@H]1O[C@H]([C@@H](C)C(=O)O)CC[C@@H]1C. The van der Waals surface area contributed by atoms with E-state index in [0.717, 1.165) is 25.7 Å². The van der Waals surface area contributed by atoms with E-state index in [0.29, 0.717) is 23.4 Å². The summed E-state index contributed by atoms with van der Waals surface area (Å²) in [7, 11) is 0. The Labute approximate surface area is 203 Å². The van der Waals surface area contributed by atoms with E-state index >= 15 is 0 Å². The van der Waals surface area contributed by atoms with Gasteiger partial charge in [0.05, 0.1) is 23.8 Å². The number of ketones is 1. The molecule has 1 aliphatic heterocycles. The number of nitrogens with one attached hydrogen (secondary N) is 1. The molecule has 1 saturated carbocycles. The van der Waals surface area contributed by atoms with Gasteiger partial charge < -0.3 is 14.8 Å². The quantitative estimate of drug-likeness (QED) is 0.272. The lowest BCUT2D eigenvalue weighted by molar-refractivity contribution is -0.152. The first-order chi connectivity index (χ1) is 16.4. The molecule has 184 valence electrons. The van der Waals surface area contributed by atoms with Gasteiger partial charge in [0.25, 0.3) is 0 Å². The molecule has 1 saturated heterocycles. The Morgan fingerprint density at radius 3 is 2.76 bits per heavy atom. The average molecular weight is 466 g/mol. The smallest absolute Gasteiger partial charge is 0.308 e. The third kappa shape index (κ3) is 5.14. The van der Waals surface area contributed by atoms with E-state index in [-0.39, 0.29) is 29.8 Å². The van der Waals surface area contributed by atoms with Gasteiger partial charge in [0.15, 0.2) is 5.78 Å². The summed E-state index contributed by atoms with van der Waals surface area (Å²) in [6.45, 7) is 6.05. The Balaban J connectivity index is 1.53. The molecule has 2 heterocycles. The van der Waals surface area contributed by atoms with E-state index < -0.39 is 11.9 Å². The van der Waals surface area contributed by atoms with Gasteiger partial charge >= 0.3 is 5.97 Å². The zero-order valence-electron chi connectivity index (χ0n) is 20.7. The molecule has 2 N–H and O–H groups in total. The largest absolute Gasteiger partial charge is 0.481 e. The summed E-state index contributed by atoms with van der Waals surface area (Å²) in [5, 5.41) is 9.43. The standard InChI is InChI=1S/C29H39NO4/c1-4-20(28-18(2)13-16-25(34-28)19(3)29(32)33)8-5-10-22-15-14-21-9-6-11-23(21)26(22)27(31)24-12-7-17-30-24/h5,7-8,10,12,14-15,17-19,21-23,25-26,28,30H,4,6,9,11,13,16H2,1-3H3,(H,32,33)/b10-5+,20-8-/t18-,19+,21-,22+,23-,25-,26+,28+/m0/s1. The highest BCUT2D eigenvalue weighted by Gasteiger charge is 2.42. The van der Waals surface area contributed by atoms with Crippen LogP contribution in [0.4, 0.5) is 0 Å². The van der Waals surface area contributed by atoms with Crippen molar-refractivity contribution in [3.63, 3.8) is 0 Å². The van der Waals surface area contributed by atoms with Gasteiger partial charge in [0.2, 0.25) is 0 Å². The lowest BCUT2D eigenvalue weighted by atomic mass is 9.69. The molecule has 5 nitrogen and oxygen atoms in total. The minimum absolute atomic E-state index is 0.0310. The van der Waals surface area contributed by atoms with Crippen molar-refractivity contribution < 1.29 is 19.4 Å². The van der Waals surface area contributed by atoms with Crippen molar-refractivity contribution in [3.8, 4) is 0 Å². The highest BCUT2D eigenvalue weighted by molar-refractivity contribution is 5.97. The molecule has 0 radical (unpaired) electrons. The first-order valence-corrected chi connectivity index (χ1v) is 13.0. The van der Waals surface area contributed by atoms with E-state index in [4.69, 9.17) is 4.74 Å². The first kappa shape index (κ1) is 24.7. The second-order valence-corrected chi connectivity index (χ2v) is 10.5. The molecule has 34 heavy (non-hydrogen) atoms. The number of aromatic nitrogens is 1. The Morgan fingerprint density at radius 1 is 1.24 bits per heavy atom. The number of aliphatic carboxylic acids is 1. The van der Waals surface area contributed by atoms with Crippen LogP contribution in [0.1, 0.15) is 69.8 Å². The van der Waals surface area contributed by atoms with Gasteiger partial charge in [-0.05, 0) is 74.5 Å². The molecule has 2 aliphatic carbocycles. The Morgan fingerprint density at radius 2 is 2.06 bits per heavy atom. The number of carbonyl (C=O) groups excluding carboxylic acids is 1. The second kappa shape index (κ2) is 10.9. The van der Waals surface area contributed by atoms with Gasteiger partial charge in [0, 0.05) is 18.0 Å². The second-order valence-electron chi connectivity index (χ2n) is 10.5. The average Bonchev–Trinajstić information content (AvgIpc) is 3.53. The van der Waals surface area contributed by atoms with Crippen molar-refractivity contribution >= 4 is 11.8 Å². The van der Waals surface area contributed by atoms with Gasteiger partial charge in [-0.1, -0.05) is 50.6 Å². The molecule has 1 aromatic heterocycles. The van der Waals surface area contributed by atoms with E-state index in [1.54, 1.807) is 6.92 Å². The zero-order chi connectivity index (χ0) is 24.2. The maximum Gasteiger partial charge on any atom is 0.308 e. The van der Waals surface area contributed by atoms with Gasteiger partial charge in [-0.25, -0.2) is 0 Å². The fourth-order valence-corrected chi connectivity index (χ4v) is 6.26. The minimum atomic E-state index is -0.799. The number of H-pyrrole nitrogens is 1. The molecular formula is C29H39NO4. The van der Waals surface area contributed by atoms with Crippen LogP contribution in [0.2, 0.25) is 0 Å². The Bertz CT molecular complexity index is 943. The van der Waals surface area contributed by atoms with Gasteiger partial charge in [-0.2, -0.15) is 0 Å². The number of rotatable bonds is 8. The van der Waals surface area contributed by atoms with Crippen LogP contribution in [-0.4, -0.2) is 34.1 Å². The van der Waals surface area contributed by atoms with Crippen molar-refractivity contribution in [2.45, 2.75) is 71.5 Å². The van der Waals surface area contributed by atoms with E-state index in [2.05, 4.69) is 49.2 Å². The molecule has 0 unspecified atom stereocenters. The molecule has 1 aromatic rings. The summed E-state index contributed by atoms with van der Waals surface area (Å²) in [5.41, 5.74) is 1.90. The fraction of sp³-hybridized carbons (Fsp3) is 0.586. The topological polar surface area (TPSA) is 79.4 Å². The summed E-state index contributed by atoms with van der Waals surface area (Å²) < 4.78 is 6.33. The molecule has 5 heteroatoms. The number of allylic oxidation sites excluding steroid dienone is 5. The van der Waals surface area contributed by atoms with Crippen LogP contribution in [0, 0.1) is 35.5 Å². The van der Waals surface area contributed by atoms with Crippen LogP contribution in [0.15, 0.2) is 54.3 Å². The van der Waals surface area contributed by atoms with Crippen LogP contribution >= 0.6 is 0 Å². The van der Waals surface area contributed by atoms with E-state index in [1.165, 1.54) is 18.4 Å². The first-order valence-electron chi connectivity index (χ1n) is 13.0. The lowest BCUT2D eigenvalue weighted by Gasteiger charge is -2.37. The molecule has 0 bridgehead atoms. The number of carbonyl (C=O) groups is 2. The predicted octanol–water partition coefficient (Wildman–Crippen LogP) is 6.21. The molecule has 4 rings (SSSR count). The number of carboxylic acids is 1. The Kier molecular flexibility index (Phi) is 7.92. The van der Waals surface area contributed by atoms with Crippen LogP contribution in [-0.2, 0) is 9.53 Å². The maximum absolute atomic E-state index is 13.4. The van der Waals surface area contributed by atoms with Gasteiger partial charge in [-0.3, -0.25) is 9.59 Å². The normalized spacial score (nSPS) is 34.8. The molecule has 2 fully saturated rings. The molecule has 0 aromatic carbocycles. The van der Waals surface area contributed by atoms with Gasteiger partial charge in [-0.15, -0.1) is 0 Å².